The van der Waals surface area contributed by atoms with Crippen LogP contribution in [0.1, 0.15) is 29.4 Å². The summed E-state index contributed by atoms with van der Waals surface area (Å²) >= 11 is 7.04. The Hall–Kier alpha value is -2.12. The second-order valence-corrected chi connectivity index (χ2v) is 7.38. The molecule has 2 aliphatic rings. The quantitative estimate of drug-likeness (QED) is 0.848. The number of hydrogen-bond donors (Lipinski definition) is 1. The van der Waals surface area contributed by atoms with Crippen molar-refractivity contribution in [3.05, 3.63) is 55.9 Å². The molecule has 0 bridgehead atoms. The molecule has 0 fully saturated rings. The molecule has 5 nitrogen and oxygen atoms in total. The summed E-state index contributed by atoms with van der Waals surface area (Å²) < 4.78 is 20.3. The van der Waals surface area contributed by atoms with E-state index in [1.807, 2.05) is 0 Å². The van der Waals surface area contributed by atoms with E-state index in [4.69, 9.17) is 16.3 Å². The average Bonchev–Trinajstić information content (AvgIpc) is 3.10. The van der Waals surface area contributed by atoms with E-state index in [1.54, 1.807) is 25.1 Å². The van der Waals surface area contributed by atoms with Crippen molar-refractivity contribution in [3.8, 4) is 0 Å². The van der Waals surface area contributed by atoms with Gasteiger partial charge in [0, 0.05) is 11.3 Å². The van der Waals surface area contributed by atoms with Crippen LogP contribution in [0, 0.1) is 0 Å². The average molecular weight is 384 g/mol. The number of allylic oxidation sites excluding steroid dienone is 2. The Morgan fingerprint density at radius 1 is 1.48 bits per heavy atom. The molecule has 132 valence electrons. The van der Waals surface area contributed by atoms with Gasteiger partial charge in [-0.3, -0.25) is 9.59 Å². The number of carboxylic acids is 1. The van der Waals surface area contributed by atoms with Crippen molar-refractivity contribution in [3.63, 3.8) is 0 Å². The largest absolute Gasteiger partial charge is 0.494 e. The topological polar surface area (TPSA) is 66.8 Å². The molecule has 1 aliphatic heterocycles. The van der Waals surface area contributed by atoms with Crippen LogP contribution in [0.15, 0.2) is 46.6 Å². The summed E-state index contributed by atoms with van der Waals surface area (Å²) in [7, 11) is 1.35. The molecular weight excluding hydrogens is 369 g/mol. The lowest BCUT2D eigenvalue weighted by molar-refractivity contribution is -0.136. The third-order valence-corrected chi connectivity index (χ3v) is 5.52. The molecule has 0 radical (unpaired) electrons. The van der Waals surface area contributed by atoms with E-state index >= 15 is 0 Å². The van der Waals surface area contributed by atoms with Gasteiger partial charge in [-0.05, 0) is 37.1 Å². The van der Waals surface area contributed by atoms with Gasteiger partial charge in [-0.15, -0.1) is 11.3 Å². The zero-order chi connectivity index (χ0) is 18.3. The Bertz CT molecular complexity index is 855. The van der Waals surface area contributed by atoms with Crippen LogP contribution in [0.2, 0.25) is 4.34 Å². The van der Waals surface area contributed by atoms with Gasteiger partial charge in [-0.25, -0.2) is 4.39 Å². The molecule has 1 unspecified atom stereocenters. The lowest BCUT2D eigenvalue weighted by atomic mass is 9.92. The van der Waals surface area contributed by atoms with E-state index in [1.165, 1.54) is 12.0 Å². The second-order valence-electron chi connectivity index (χ2n) is 5.67. The number of carbonyl (C=O) groups is 2. The monoisotopic (exact) mass is 383 g/mol. The molecule has 0 spiro atoms. The van der Waals surface area contributed by atoms with Crippen molar-refractivity contribution in [2.75, 3.05) is 7.11 Å². The number of hydrogen-bond acceptors (Lipinski definition) is 4. The lowest BCUT2D eigenvalue weighted by Gasteiger charge is -2.28. The zero-order valence-electron chi connectivity index (χ0n) is 13.5. The molecule has 0 aromatic carbocycles. The maximum atomic E-state index is 14.8. The number of amides is 1. The van der Waals surface area contributed by atoms with Gasteiger partial charge < -0.3 is 14.7 Å². The third-order valence-electron chi connectivity index (χ3n) is 4.30. The summed E-state index contributed by atoms with van der Waals surface area (Å²) in [6.07, 6.45) is 1.55. The smallest absolute Gasteiger partial charge is 0.307 e. The molecule has 1 aliphatic carbocycles. The Kier molecular flexibility index (Phi) is 4.71. The Balaban J connectivity index is 2.09. The van der Waals surface area contributed by atoms with E-state index in [2.05, 4.69) is 0 Å². The van der Waals surface area contributed by atoms with Crippen molar-refractivity contribution in [2.45, 2.75) is 25.8 Å². The first-order chi connectivity index (χ1) is 11.8. The number of carboxylic acid groups (broad SMARTS) is 1. The maximum Gasteiger partial charge on any atom is 0.307 e. The SMILES string of the molecule is COC1=CCC2C(=C1F)C(CC(=O)O)=C(C)N2C(=O)c1ccc(Cl)s1. The minimum absolute atomic E-state index is 0.0652. The van der Waals surface area contributed by atoms with Crippen LogP contribution in [0.25, 0.3) is 0 Å². The minimum atomic E-state index is -1.09. The first-order valence-electron chi connectivity index (χ1n) is 7.50. The fourth-order valence-electron chi connectivity index (χ4n) is 3.24. The molecule has 1 atom stereocenters. The number of aliphatic carboxylic acids is 1. The van der Waals surface area contributed by atoms with Crippen LogP contribution in [-0.4, -0.2) is 35.0 Å². The van der Waals surface area contributed by atoms with Crippen molar-refractivity contribution in [2.24, 2.45) is 0 Å². The van der Waals surface area contributed by atoms with Crippen molar-refractivity contribution in [1.29, 1.82) is 0 Å². The number of methoxy groups -OCH3 is 1. The normalized spacial score (nSPS) is 19.9. The van der Waals surface area contributed by atoms with Gasteiger partial charge in [0.2, 0.25) is 0 Å². The molecule has 1 N–H and O–H groups in total. The predicted molar refractivity (Wildman–Crippen MR) is 92.1 cm³/mol. The fourth-order valence-corrected chi connectivity index (χ4v) is 4.22. The fraction of sp³-hybridized carbons (Fsp3) is 0.294. The number of rotatable bonds is 4. The number of thiophene rings is 1. The molecule has 0 saturated carbocycles. The highest BCUT2D eigenvalue weighted by molar-refractivity contribution is 7.18. The highest BCUT2D eigenvalue weighted by Gasteiger charge is 2.43. The maximum absolute atomic E-state index is 14.8. The second kappa shape index (κ2) is 6.65. The van der Waals surface area contributed by atoms with Gasteiger partial charge in [-0.2, -0.15) is 0 Å². The van der Waals surface area contributed by atoms with Gasteiger partial charge in [0.05, 0.1) is 28.8 Å². The van der Waals surface area contributed by atoms with E-state index in [9.17, 15) is 19.1 Å². The number of nitrogens with zero attached hydrogens (tertiary/aromatic N) is 1. The standard InChI is InChI=1S/C17H15ClFNO4S/c1-8-9(7-14(21)22)15-10(3-4-11(24-2)16(15)19)20(8)17(23)12-5-6-13(18)25-12/h4-6,10H,3,7H2,1-2H3,(H,21,22). The molecule has 1 amide bonds. The van der Waals surface area contributed by atoms with Gasteiger partial charge in [0.25, 0.3) is 5.91 Å². The van der Waals surface area contributed by atoms with Crippen LogP contribution in [0.4, 0.5) is 4.39 Å². The first-order valence-corrected chi connectivity index (χ1v) is 8.69. The zero-order valence-corrected chi connectivity index (χ0v) is 15.1. The van der Waals surface area contributed by atoms with Crippen LogP contribution in [-0.2, 0) is 9.53 Å². The number of ether oxygens (including phenoxy) is 1. The Labute approximate surface area is 152 Å². The molecular formula is C17H15ClFNO4S. The van der Waals surface area contributed by atoms with E-state index in [0.29, 0.717) is 26.9 Å². The molecule has 1 aromatic heterocycles. The molecule has 3 rings (SSSR count). The van der Waals surface area contributed by atoms with Gasteiger partial charge in [-0.1, -0.05) is 11.6 Å². The molecule has 2 heterocycles. The van der Waals surface area contributed by atoms with Gasteiger partial charge in [0.1, 0.15) is 0 Å². The summed E-state index contributed by atoms with van der Waals surface area (Å²) in [6.45, 7) is 1.64. The highest BCUT2D eigenvalue weighted by Crippen LogP contribution is 2.44. The summed E-state index contributed by atoms with van der Waals surface area (Å²) in [5.74, 6) is -1.96. The summed E-state index contributed by atoms with van der Waals surface area (Å²) in [5, 5.41) is 9.19. The lowest BCUT2D eigenvalue weighted by Crippen LogP contribution is -2.36. The van der Waals surface area contributed by atoms with Crippen molar-refractivity contribution in [1.82, 2.24) is 4.90 Å². The van der Waals surface area contributed by atoms with Crippen LogP contribution in [0.3, 0.4) is 0 Å². The third kappa shape index (κ3) is 2.98. The number of halogens is 2. The molecule has 0 saturated heterocycles. The van der Waals surface area contributed by atoms with E-state index in [0.717, 1.165) is 11.3 Å². The summed E-state index contributed by atoms with van der Waals surface area (Å²) in [4.78, 5) is 26.0. The van der Waals surface area contributed by atoms with Crippen LogP contribution >= 0.6 is 22.9 Å². The van der Waals surface area contributed by atoms with E-state index < -0.39 is 17.8 Å². The summed E-state index contributed by atoms with van der Waals surface area (Å²) in [6, 6.07) is 2.65. The van der Waals surface area contributed by atoms with Crippen LogP contribution < -0.4 is 0 Å². The van der Waals surface area contributed by atoms with Gasteiger partial charge >= 0.3 is 5.97 Å². The Morgan fingerprint density at radius 2 is 2.20 bits per heavy atom. The minimum Gasteiger partial charge on any atom is -0.494 e. The Morgan fingerprint density at radius 3 is 2.76 bits per heavy atom. The van der Waals surface area contributed by atoms with E-state index in [-0.39, 0.29) is 23.7 Å². The summed E-state index contributed by atoms with van der Waals surface area (Å²) in [5.41, 5.74) is 0.974. The predicted octanol–water partition coefficient (Wildman–Crippen LogP) is 4.13. The molecule has 8 heteroatoms. The van der Waals surface area contributed by atoms with Crippen molar-refractivity contribution < 1.29 is 23.8 Å². The molecule has 25 heavy (non-hydrogen) atoms. The number of carbonyl (C=O) groups excluding carboxylic acids is 1. The highest BCUT2D eigenvalue weighted by atomic mass is 35.5. The number of fused-ring (bicyclic) bond motifs is 1. The molecule has 1 aromatic rings. The van der Waals surface area contributed by atoms with Gasteiger partial charge in [0.15, 0.2) is 11.6 Å². The van der Waals surface area contributed by atoms with Crippen LogP contribution in [0.5, 0.6) is 0 Å². The first kappa shape index (κ1) is 17.7. The van der Waals surface area contributed by atoms with Crippen molar-refractivity contribution >= 4 is 34.8 Å².